The van der Waals surface area contributed by atoms with Crippen molar-refractivity contribution in [2.75, 3.05) is 20.1 Å². The molecule has 0 radical (unpaired) electrons. The van der Waals surface area contributed by atoms with E-state index in [1.54, 1.807) is 0 Å². The van der Waals surface area contributed by atoms with Crippen molar-refractivity contribution in [3.63, 3.8) is 0 Å². The Balaban J connectivity index is 2.22. The molecule has 1 aliphatic rings. The quantitative estimate of drug-likeness (QED) is 0.489. The highest BCUT2D eigenvalue weighted by atomic mass is 15.1. The minimum Gasteiger partial charge on any atom is -0.326 e. The molecule has 0 amide bonds. The fourth-order valence-electron chi connectivity index (χ4n) is 0.935. The van der Waals surface area contributed by atoms with E-state index in [1.165, 1.54) is 0 Å². The summed E-state index contributed by atoms with van der Waals surface area (Å²) in [6.45, 7) is 2.17. The fraction of sp³-hybridized carbons (Fsp3) is 1.00. The van der Waals surface area contributed by atoms with Gasteiger partial charge in [0.05, 0.1) is 0 Å². The molecule has 0 aliphatic carbocycles. The molecule has 7 heavy (non-hydrogen) atoms. The van der Waals surface area contributed by atoms with Gasteiger partial charge in [-0.25, -0.2) is 0 Å². The molecule has 0 saturated carbocycles. The van der Waals surface area contributed by atoms with Gasteiger partial charge in [-0.3, -0.25) is 0 Å². The zero-order valence-electron chi connectivity index (χ0n) is 5.65. The van der Waals surface area contributed by atoms with Crippen LogP contribution in [-0.2, 0) is 0 Å². The lowest BCUT2D eigenvalue weighted by Gasteiger charge is -2.03. The Morgan fingerprint density at radius 3 is 3.14 bits per heavy atom. The van der Waals surface area contributed by atoms with Crippen LogP contribution in [0.3, 0.4) is 0 Å². The summed E-state index contributed by atoms with van der Waals surface area (Å²) in [5, 5.41) is 0. The Morgan fingerprint density at radius 1 is 2.00 bits per heavy atom. The van der Waals surface area contributed by atoms with Crippen LogP contribution in [0.15, 0.2) is 0 Å². The first-order chi connectivity index (χ1) is 3.83. The molecule has 1 unspecified atom stereocenters. The second kappa shape index (κ2) is 1.80. The van der Waals surface area contributed by atoms with Crippen molar-refractivity contribution >= 4 is 0 Å². The number of hydrogen-bond donors (Lipinski definition) is 1. The second-order valence-corrected chi connectivity index (χ2v) is 2.25. The first-order valence-electron chi connectivity index (χ1n) is 3.18. The Hall–Kier alpha value is -0.0800. The van der Waals surface area contributed by atoms with Crippen LogP contribution in [-0.4, -0.2) is 31.1 Å². The zero-order chi connectivity index (χ0) is 5.98. The van der Waals surface area contributed by atoms with E-state index < -0.39 is 0 Å². The molecule has 1 heterocycles. The summed E-state index contributed by atoms with van der Waals surface area (Å²) in [5.41, 5.74) is 2.50. The number of hydrogen-bond acceptors (Lipinski definition) is 2. The van der Waals surface area contributed by atoms with Crippen molar-refractivity contribution in [3.8, 4) is 0 Å². The Kier molecular flexibility index (Phi) is 0.995. The van der Waals surface area contributed by atoms with Gasteiger partial charge < -0.3 is 10.6 Å². The van der Waals surface area contributed by atoms with Gasteiger partial charge in [0, 0.05) is 12.6 Å². The molecule has 1 atom stereocenters. The lowest BCUT2D eigenvalue weighted by atomic mass is 10.3. The normalized spacial score (nSPS) is 36.1. The molecular weight excluding hydrogens is 88.1 g/mol. The molecule has 0 spiro atoms. The van der Waals surface area contributed by atoms with Crippen LogP contribution in [0.1, 0.15) is 6.42 Å². The van der Waals surface area contributed by atoms with Crippen molar-refractivity contribution < 1.29 is 1.41 Å². The van der Waals surface area contributed by atoms with E-state index in [2.05, 4.69) is 17.7 Å². The standard InChI is InChI=1S/C5H12N2/c1-7-3-2-5(6)4-7/h5H,2-4,6H2,1H3/i/hD. The maximum Gasteiger partial charge on any atom is 0.119 e. The van der Waals surface area contributed by atoms with Gasteiger partial charge >= 0.3 is 0 Å². The molecule has 1 fully saturated rings. The molecule has 0 bridgehead atoms. The average Bonchev–Trinajstić information content (AvgIpc) is 2.14. The first-order valence-corrected chi connectivity index (χ1v) is 2.68. The van der Waals surface area contributed by atoms with E-state index in [-0.39, 0.29) is 0 Å². The van der Waals surface area contributed by atoms with Crippen LogP contribution in [0.2, 0.25) is 1.41 Å². The highest BCUT2D eigenvalue weighted by Crippen LogP contribution is 2.01. The van der Waals surface area contributed by atoms with Crippen molar-refractivity contribution in [2.45, 2.75) is 12.5 Å². The van der Waals surface area contributed by atoms with Crippen molar-refractivity contribution in [1.82, 2.24) is 4.90 Å². The molecule has 1 rings (SSSR count). The summed E-state index contributed by atoms with van der Waals surface area (Å²) in [5.74, 6) is 0. The van der Waals surface area contributed by atoms with Crippen LogP contribution in [0, 0.1) is 0 Å². The molecule has 2 heteroatoms. The van der Waals surface area contributed by atoms with Gasteiger partial charge in [0.1, 0.15) is 1.41 Å². The van der Waals surface area contributed by atoms with Gasteiger partial charge in [0.2, 0.25) is 0 Å². The SMILES string of the molecule is [2H]NC1CCN(C)C1. The van der Waals surface area contributed by atoms with Gasteiger partial charge in [-0.15, -0.1) is 0 Å². The number of rotatable bonds is 1. The average molecular weight is 101 g/mol. The Labute approximate surface area is 45.8 Å². The molecule has 0 aromatic rings. The van der Waals surface area contributed by atoms with Crippen LogP contribution < -0.4 is 5.73 Å². The van der Waals surface area contributed by atoms with Crippen LogP contribution in [0.5, 0.6) is 0 Å². The highest BCUT2D eigenvalue weighted by Gasteiger charge is 2.13. The maximum absolute atomic E-state index is 6.81. The molecule has 0 aromatic heterocycles. The summed E-state index contributed by atoms with van der Waals surface area (Å²) in [4.78, 5) is 2.23. The predicted molar refractivity (Wildman–Crippen MR) is 30.1 cm³/mol. The highest BCUT2D eigenvalue weighted by molar-refractivity contribution is 4.74. The zero-order valence-corrected chi connectivity index (χ0v) is 4.65. The van der Waals surface area contributed by atoms with Crippen LogP contribution in [0.25, 0.3) is 0 Å². The van der Waals surface area contributed by atoms with E-state index in [0.29, 0.717) is 6.04 Å². The largest absolute Gasteiger partial charge is 0.326 e. The van der Waals surface area contributed by atoms with Crippen LogP contribution >= 0.6 is 0 Å². The topological polar surface area (TPSA) is 29.3 Å². The predicted octanol–water partition coefficient (Wildman–Crippen LogP) is -0.351. The summed E-state index contributed by atoms with van der Waals surface area (Å²) >= 11 is 0. The van der Waals surface area contributed by atoms with Crippen molar-refractivity contribution in [2.24, 2.45) is 5.73 Å². The van der Waals surface area contributed by atoms with Gasteiger partial charge in [-0.2, -0.15) is 0 Å². The van der Waals surface area contributed by atoms with E-state index in [4.69, 9.17) is 1.41 Å². The molecule has 2 nitrogen and oxygen atoms in total. The summed E-state index contributed by atoms with van der Waals surface area (Å²) in [6, 6.07) is 0.417. The molecule has 0 aromatic carbocycles. The fourth-order valence-corrected chi connectivity index (χ4v) is 0.935. The van der Waals surface area contributed by atoms with E-state index in [1.807, 2.05) is 0 Å². The Bertz CT molecular complexity index is 76.8. The first kappa shape index (κ1) is 3.87. The summed E-state index contributed by atoms with van der Waals surface area (Å²) in [7, 11) is 2.08. The van der Waals surface area contributed by atoms with Gasteiger partial charge in [0.25, 0.3) is 0 Å². The number of nitrogens with two attached hydrogens (primary N) is 1. The molecule has 1 saturated heterocycles. The third kappa shape index (κ3) is 1.14. The third-order valence-electron chi connectivity index (χ3n) is 1.39. The number of likely N-dealkylation sites (N-methyl/N-ethyl adjacent to an activating group) is 1. The van der Waals surface area contributed by atoms with E-state index >= 15 is 0 Å². The Morgan fingerprint density at radius 2 is 2.86 bits per heavy atom. The van der Waals surface area contributed by atoms with Gasteiger partial charge in [0.15, 0.2) is 0 Å². The lowest BCUT2D eigenvalue weighted by molar-refractivity contribution is 0.411. The van der Waals surface area contributed by atoms with Crippen molar-refractivity contribution in [3.05, 3.63) is 0 Å². The van der Waals surface area contributed by atoms with Crippen molar-refractivity contribution in [1.29, 1.82) is 0 Å². The van der Waals surface area contributed by atoms with Crippen LogP contribution in [0.4, 0.5) is 0 Å². The minimum atomic E-state index is 0.417. The van der Waals surface area contributed by atoms with E-state index in [0.717, 1.165) is 19.5 Å². The molecule has 42 valence electrons. The van der Waals surface area contributed by atoms with Gasteiger partial charge in [-0.1, -0.05) is 0 Å². The smallest absolute Gasteiger partial charge is 0.119 e. The molecule has 2 N–H and O–H groups in total. The number of nitrogens with zero attached hydrogens (tertiary/aromatic N) is 1. The lowest BCUT2D eigenvalue weighted by Crippen LogP contribution is -2.23. The molecular formula is C5H12N2. The summed E-state index contributed by atoms with van der Waals surface area (Å²) in [6.07, 6.45) is 1.12. The minimum absolute atomic E-state index is 0.417. The second-order valence-electron chi connectivity index (χ2n) is 2.25. The summed E-state index contributed by atoms with van der Waals surface area (Å²) < 4.78 is 6.81. The third-order valence-corrected chi connectivity index (χ3v) is 1.39. The number of likely N-dealkylation sites (tertiary alicyclic amines) is 1. The maximum atomic E-state index is 6.81. The van der Waals surface area contributed by atoms with E-state index in [9.17, 15) is 0 Å². The van der Waals surface area contributed by atoms with Gasteiger partial charge in [-0.05, 0) is 20.0 Å². The monoisotopic (exact) mass is 101 g/mol. The molecule has 1 aliphatic heterocycles.